The van der Waals surface area contributed by atoms with E-state index in [1.807, 2.05) is 13.8 Å². The van der Waals surface area contributed by atoms with E-state index in [0.717, 1.165) is 18.5 Å². The van der Waals surface area contributed by atoms with Crippen LogP contribution in [0.2, 0.25) is 0 Å². The number of halogens is 1. The predicted molar refractivity (Wildman–Crippen MR) is 110 cm³/mol. The number of ether oxygens (including phenoxy) is 2. The fourth-order valence-electron chi connectivity index (χ4n) is 4.75. The van der Waals surface area contributed by atoms with Crippen LogP contribution >= 0.6 is 0 Å². The normalized spacial score (nSPS) is 25.8. The van der Waals surface area contributed by atoms with Crippen LogP contribution in [0, 0.1) is 11.2 Å². The first-order chi connectivity index (χ1) is 14.3. The monoisotopic (exact) mass is 413 g/mol. The lowest BCUT2D eigenvalue weighted by molar-refractivity contribution is -0.142. The van der Waals surface area contributed by atoms with E-state index in [-0.39, 0.29) is 23.9 Å². The molecule has 6 heteroatoms. The van der Waals surface area contributed by atoms with Gasteiger partial charge in [-0.2, -0.15) is 0 Å². The highest BCUT2D eigenvalue weighted by Gasteiger charge is 2.44. The number of dihydropyridines is 1. The van der Waals surface area contributed by atoms with Crippen molar-refractivity contribution in [1.82, 2.24) is 5.32 Å². The average Bonchev–Trinajstić information content (AvgIpc) is 3.18. The maximum Gasteiger partial charge on any atom is 0.336 e. The van der Waals surface area contributed by atoms with Crippen molar-refractivity contribution in [3.8, 4) is 0 Å². The van der Waals surface area contributed by atoms with E-state index in [2.05, 4.69) is 5.32 Å². The minimum Gasteiger partial charge on any atom is -0.459 e. The average molecular weight is 413 g/mol. The molecule has 2 atom stereocenters. The molecule has 3 aliphatic rings. The predicted octanol–water partition coefficient (Wildman–Crippen LogP) is 4.15. The summed E-state index contributed by atoms with van der Waals surface area (Å²) in [5, 5.41) is 3.27. The number of esters is 1. The highest BCUT2D eigenvalue weighted by Crippen LogP contribution is 2.47. The van der Waals surface area contributed by atoms with Crippen LogP contribution in [-0.2, 0) is 19.1 Å². The van der Waals surface area contributed by atoms with E-state index in [1.54, 1.807) is 25.1 Å². The SMILES string of the molecule is CC1=C(C(=O)OC[C@H]2CCCO2)[C@@H](c2ccccc2F)C2=C(CC(C)(C)CC2=O)N1. The molecule has 0 bridgehead atoms. The molecule has 1 fully saturated rings. The summed E-state index contributed by atoms with van der Waals surface area (Å²) in [5.74, 6) is -1.80. The van der Waals surface area contributed by atoms with E-state index in [0.29, 0.717) is 41.9 Å². The van der Waals surface area contributed by atoms with Crippen LogP contribution in [0.1, 0.15) is 57.9 Å². The Morgan fingerprint density at radius 3 is 2.77 bits per heavy atom. The van der Waals surface area contributed by atoms with Crippen LogP contribution in [0.3, 0.4) is 0 Å². The van der Waals surface area contributed by atoms with Crippen molar-refractivity contribution >= 4 is 11.8 Å². The molecule has 30 heavy (non-hydrogen) atoms. The molecule has 1 aromatic rings. The van der Waals surface area contributed by atoms with Gasteiger partial charge in [-0.25, -0.2) is 9.18 Å². The smallest absolute Gasteiger partial charge is 0.336 e. The molecule has 0 saturated carbocycles. The molecule has 1 N–H and O–H groups in total. The summed E-state index contributed by atoms with van der Waals surface area (Å²) in [5.41, 5.74) is 2.28. The Morgan fingerprint density at radius 1 is 1.30 bits per heavy atom. The van der Waals surface area contributed by atoms with Crippen LogP contribution in [0.25, 0.3) is 0 Å². The van der Waals surface area contributed by atoms with Crippen molar-refractivity contribution in [3.63, 3.8) is 0 Å². The number of benzene rings is 1. The minimum atomic E-state index is -0.775. The molecule has 1 aromatic carbocycles. The van der Waals surface area contributed by atoms with Crippen molar-refractivity contribution in [2.45, 2.75) is 58.5 Å². The van der Waals surface area contributed by atoms with E-state index >= 15 is 0 Å². The number of ketones is 1. The van der Waals surface area contributed by atoms with Gasteiger partial charge in [0.1, 0.15) is 12.4 Å². The lowest BCUT2D eigenvalue weighted by atomic mass is 9.68. The van der Waals surface area contributed by atoms with Gasteiger partial charge in [-0.3, -0.25) is 4.79 Å². The third-order valence-electron chi connectivity index (χ3n) is 6.10. The quantitative estimate of drug-likeness (QED) is 0.752. The minimum absolute atomic E-state index is 0.0565. The maximum absolute atomic E-state index is 14.9. The van der Waals surface area contributed by atoms with Crippen molar-refractivity contribution in [2.75, 3.05) is 13.2 Å². The maximum atomic E-state index is 14.9. The molecule has 2 heterocycles. The molecular formula is C24H28FNO4. The molecule has 1 aliphatic carbocycles. The van der Waals surface area contributed by atoms with Gasteiger partial charge in [-0.05, 0) is 37.7 Å². The number of hydrogen-bond acceptors (Lipinski definition) is 5. The topological polar surface area (TPSA) is 64.6 Å². The second kappa shape index (κ2) is 7.99. The van der Waals surface area contributed by atoms with Gasteiger partial charge < -0.3 is 14.8 Å². The standard InChI is InChI=1S/C24H28FNO4/c1-14-20(23(28)30-13-15-7-6-10-29-15)21(16-8-4-5-9-17(16)25)22-18(26-14)11-24(2,3)12-19(22)27/h4-5,8-9,15,21,26H,6-7,10-13H2,1-3H3/t15-,21-/m1/s1. The zero-order chi connectivity index (χ0) is 21.5. The summed E-state index contributed by atoms with van der Waals surface area (Å²) in [6.45, 7) is 6.69. The van der Waals surface area contributed by atoms with Crippen molar-refractivity contribution < 1.29 is 23.5 Å². The number of Topliss-reactive ketones (excluding diaryl/α,β-unsaturated/α-hetero) is 1. The third kappa shape index (κ3) is 3.93. The largest absolute Gasteiger partial charge is 0.459 e. The van der Waals surface area contributed by atoms with Gasteiger partial charge in [0.2, 0.25) is 0 Å². The van der Waals surface area contributed by atoms with Crippen molar-refractivity contribution in [1.29, 1.82) is 0 Å². The van der Waals surface area contributed by atoms with Gasteiger partial charge in [-0.15, -0.1) is 0 Å². The molecule has 5 nitrogen and oxygen atoms in total. The van der Waals surface area contributed by atoms with Crippen LogP contribution in [0.15, 0.2) is 46.8 Å². The summed E-state index contributed by atoms with van der Waals surface area (Å²) in [6.07, 6.45) is 2.71. The van der Waals surface area contributed by atoms with Crippen molar-refractivity contribution in [2.24, 2.45) is 5.41 Å². The Morgan fingerprint density at radius 2 is 2.07 bits per heavy atom. The third-order valence-corrected chi connectivity index (χ3v) is 6.10. The molecule has 0 radical (unpaired) electrons. The Bertz CT molecular complexity index is 940. The summed E-state index contributed by atoms with van der Waals surface area (Å²) in [7, 11) is 0. The van der Waals surface area contributed by atoms with E-state index in [1.165, 1.54) is 6.07 Å². The first-order valence-corrected chi connectivity index (χ1v) is 10.5. The van der Waals surface area contributed by atoms with Gasteiger partial charge in [0.15, 0.2) is 5.78 Å². The van der Waals surface area contributed by atoms with Gasteiger partial charge in [0.05, 0.1) is 17.6 Å². The molecule has 0 amide bonds. The fraction of sp³-hybridized carbons (Fsp3) is 0.500. The number of nitrogens with one attached hydrogen (secondary N) is 1. The molecule has 0 unspecified atom stereocenters. The molecule has 4 rings (SSSR count). The number of rotatable bonds is 4. The highest BCUT2D eigenvalue weighted by molar-refractivity contribution is 6.04. The number of carbonyl (C=O) groups is 2. The number of allylic oxidation sites excluding steroid dienone is 3. The zero-order valence-electron chi connectivity index (χ0n) is 17.7. The van der Waals surface area contributed by atoms with E-state index in [9.17, 15) is 14.0 Å². The van der Waals surface area contributed by atoms with Crippen LogP contribution in [0.5, 0.6) is 0 Å². The van der Waals surface area contributed by atoms with Gasteiger partial charge in [0, 0.05) is 35.6 Å². The summed E-state index contributed by atoms with van der Waals surface area (Å²) < 4.78 is 26.0. The highest BCUT2D eigenvalue weighted by atomic mass is 19.1. The van der Waals surface area contributed by atoms with Crippen LogP contribution in [-0.4, -0.2) is 31.1 Å². The second-order valence-corrected chi connectivity index (χ2v) is 9.18. The molecular weight excluding hydrogens is 385 g/mol. The van der Waals surface area contributed by atoms with Gasteiger partial charge in [-0.1, -0.05) is 32.0 Å². The second-order valence-electron chi connectivity index (χ2n) is 9.18. The molecule has 0 spiro atoms. The number of carbonyl (C=O) groups excluding carboxylic acids is 2. The van der Waals surface area contributed by atoms with Crippen LogP contribution in [0.4, 0.5) is 4.39 Å². The molecule has 160 valence electrons. The zero-order valence-corrected chi connectivity index (χ0v) is 17.7. The Kier molecular flexibility index (Phi) is 5.53. The lowest BCUT2D eigenvalue weighted by Gasteiger charge is -2.39. The Labute approximate surface area is 176 Å². The first kappa shape index (κ1) is 20.8. The molecule has 2 aliphatic heterocycles. The lowest BCUT2D eigenvalue weighted by Crippen LogP contribution is -2.39. The van der Waals surface area contributed by atoms with Gasteiger partial charge in [0.25, 0.3) is 0 Å². The van der Waals surface area contributed by atoms with E-state index in [4.69, 9.17) is 9.47 Å². The summed E-state index contributed by atoms with van der Waals surface area (Å²) in [4.78, 5) is 26.3. The number of hydrogen-bond donors (Lipinski definition) is 1. The van der Waals surface area contributed by atoms with Crippen molar-refractivity contribution in [3.05, 3.63) is 58.2 Å². The Balaban J connectivity index is 1.73. The summed E-state index contributed by atoms with van der Waals surface area (Å²) in [6, 6.07) is 6.33. The first-order valence-electron chi connectivity index (χ1n) is 10.5. The van der Waals surface area contributed by atoms with Gasteiger partial charge >= 0.3 is 5.97 Å². The summed E-state index contributed by atoms with van der Waals surface area (Å²) >= 11 is 0. The van der Waals surface area contributed by atoms with Crippen LogP contribution < -0.4 is 5.32 Å². The molecule has 0 aromatic heterocycles. The Hall–Kier alpha value is -2.47. The van der Waals surface area contributed by atoms with E-state index < -0.39 is 17.7 Å². The molecule has 1 saturated heterocycles. The fourth-order valence-corrected chi connectivity index (χ4v) is 4.75.